The van der Waals surface area contributed by atoms with Gasteiger partial charge >= 0.3 is 6.03 Å². The lowest BCUT2D eigenvalue weighted by Gasteiger charge is -2.16. The van der Waals surface area contributed by atoms with Gasteiger partial charge in [0.25, 0.3) is 0 Å². The third kappa shape index (κ3) is 2.87. The van der Waals surface area contributed by atoms with Crippen LogP contribution in [0.4, 0.5) is 14.9 Å². The first kappa shape index (κ1) is 12.1. The molecule has 1 aliphatic heterocycles. The molecule has 1 atom stereocenters. The highest BCUT2D eigenvalue weighted by atomic mass is 35.5. The van der Waals surface area contributed by atoms with E-state index in [1.807, 2.05) is 0 Å². The number of aliphatic hydroxyl groups excluding tert-OH is 1. The number of amides is 2. The van der Waals surface area contributed by atoms with Crippen LogP contribution < -0.4 is 5.32 Å². The molecule has 2 N–H and O–H groups in total. The van der Waals surface area contributed by atoms with E-state index in [9.17, 15) is 14.3 Å². The Kier molecular flexibility index (Phi) is 3.49. The Balaban J connectivity index is 2.03. The molecule has 0 saturated carbocycles. The lowest BCUT2D eigenvalue weighted by Crippen LogP contribution is -2.33. The van der Waals surface area contributed by atoms with Crippen LogP contribution in [0, 0.1) is 5.82 Å². The first-order chi connectivity index (χ1) is 8.06. The van der Waals surface area contributed by atoms with Crippen LogP contribution in [-0.2, 0) is 0 Å². The van der Waals surface area contributed by atoms with Crippen LogP contribution in [0.1, 0.15) is 6.42 Å². The number of carbonyl (C=O) groups excluding carboxylic acids is 1. The number of hydrogen-bond acceptors (Lipinski definition) is 2. The minimum Gasteiger partial charge on any atom is -0.391 e. The van der Waals surface area contributed by atoms with Crippen LogP contribution in [0.25, 0.3) is 0 Å². The summed E-state index contributed by atoms with van der Waals surface area (Å²) in [5, 5.41) is 12.0. The van der Waals surface area contributed by atoms with E-state index in [0.717, 1.165) is 6.07 Å². The van der Waals surface area contributed by atoms with Gasteiger partial charge in [-0.25, -0.2) is 9.18 Å². The maximum Gasteiger partial charge on any atom is 0.322 e. The second-order valence-corrected chi connectivity index (χ2v) is 4.38. The van der Waals surface area contributed by atoms with Crippen molar-refractivity contribution < 1.29 is 14.3 Å². The van der Waals surface area contributed by atoms with E-state index < -0.39 is 18.0 Å². The molecule has 0 radical (unpaired) electrons. The van der Waals surface area contributed by atoms with E-state index in [1.54, 1.807) is 0 Å². The summed E-state index contributed by atoms with van der Waals surface area (Å²) in [5.41, 5.74) is 0.0841. The highest BCUT2D eigenvalue weighted by molar-refractivity contribution is 6.30. The van der Waals surface area contributed by atoms with Crippen LogP contribution in [0.15, 0.2) is 18.2 Å². The largest absolute Gasteiger partial charge is 0.391 e. The monoisotopic (exact) mass is 258 g/mol. The highest BCUT2D eigenvalue weighted by Crippen LogP contribution is 2.20. The van der Waals surface area contributed by atoms with E-state index in [-0.39, 0.29) is 17.3 Å². The molecule has 2 amide bonds. The van der Waals surface area contributed by atoms with Crippen molar-refractivity contribution in [3.05, 3.63) is 29.0 Å². The smallest absolute Gasteiger partial charge is 0.322 e. The van der Waals surface area contributed by atoms with Gasteiger partial charge in [-0.1, -0.05) is 11.6 Å². The molecule has 92 valence electrons. The number of carbonyl (C=O) groups is 1. The van der Waals surface area contributed by atoms with Gasteiger partial charge in [0.2, 0.25) is 0 Å². The van der Waals surface area contributed by atoms with Gasteiger partial charge in [0, 0.05) is 18.1 Å². The molecule has 4 nitrogen and oxygen atoms in total. The molecule has 2 rings (SSSR count). The van der Waals surface area contributed by atoms with Crippen molar-refractivity contribution >= 4 is 23.3 Å². The highest BCUT2D eigenvalue weighted by Gasteiger charge is 2.24. The van der Waals surface area contributed by atoms with E-state index >= 15 is 0 Å². The number of aliphatic hydroxyl groups is 1. The molecule has 1 aliphatic rings. The Labute approximate surface area is 103 Å². The number of benzene rings is 1. The Morgan fingerprint density at radius 1 is 1.59 bits per heavy atom. The summed E-state index contributed by atoms with van der Waals surface area (Å²) in [6, 6.07) is 3.62. The van der Waals surface area contributed by atoms with Crippen molar-refractivity contribution in [2.45, 2.75) is 12.5 Å². The van der Waals surface area contributed by atoms with E-state index in [0.29, 0.717) is 13.0 Å². The summed E-state index contributed by atoms with van der Waals surface area (Å²) >= 11 is 5.60. The average Bonchev–Trinajstić information content (AvgIpc) is 2.69. The second kappa shape index (κ2) is 4.89. The predicted octanol–water partition coefficient (Wildman–Crippen LogP) is 2.08. The minimum atomic E-state index is -0.578. The summed E-state index contributed by atoms with van der Waals surface area (Å²) in [6.45, 7) is 0.753. The molecule has 1 aromatic carbocycles. The first-order valence-electron chi connectivity index (χ1n) is 5.25. The molecular formula is C11H12ClFN2O2. The molecule has 1 unspecified atom stereocenters. The third-order valence-electron chi connectivity index (χ3n) is 2.62. The van der Waals surface area contributed by atoms with Crippen LogP contribution in [0.5, 0.6) is 0 Å². The number of likely N-dealkylation sites (tertiary alicyclic amines) is 1. The molecule has 0 spiro atoms. The molecule has 6 heteroatoms. The fraction of sp³-hybridized carbons (Fsp3) is 0.364. The average molecular weight is 259 g/mol. The summed E-state index contributed by atoms with van der Waals surface area (Å²) in [4.78, 5) is 13.1. The fourth-order valence-electron chi connectivity index (χ4n) is 1.71. The van der Waals surface area contributed by atoms with Crippen LogP contribution >= 0.6 is 11.6 Å². The van der Waals surface area contributed by atoms with Gasteiger partial charge in [0.15, 0.2) is 0 Å². The maximum atomic E-state index is 13.4. The van der Waals surface area contributed by atoms with Crippen molar-refractivity contribution in [1.82, 2.24) is 4.90 Å². The Morgan fingerprint density at radius 3 is 2.94 bits per heavy atom. The van der Waals surface area contributed by atoms with Gasteiger partial charge in [-0.15, -0.1) is 0 Å². The standard InChI is InChI=1S/C11H12ClFN2O2/c12-7-1-2-10(9(13)5-7)14-11(17)15-4-3-8(16)6-15/h1-2,5,8,16H,3-4,6H2,(H,14,17). The van der Waals surface area contributed by atoms with Gasteiger partial charge in [-0.2, -0.15) is 0 Å². The molecule has 1 saturated heterocycles. The zero-order valence-corrected chi connectivity index (χ0v) is 9.75. The topological polar surface area (TPSA) is 52.6 Å². The van der Waals surface area contributed by atoms with E-state index in [2.05, 4.69) is 5.32 Å². The molecule has 0 aromatic heterocycles. The van der Waals surface area contributed by atoms with Crippen LogP contribution in [-0.4, -0.2) is 35.2 Å². The van der Waals surface area contributed by atoms with Gasteiger partial charge in [0.05, 0.1) is 11.8 Å². The number of halogens is 2. The summed E-state index contributed by atoms with van der Waals surface area (Å²) in [7, 11) is 0. The number of hydrogen-bond donors (Lipinski definition) is 2. The van der Waals surface area contributed by atoms with Crippen molar-refractivity contribution in [1.29, 1.82) is 0 Å². The normalized spacial score (nSPS) is 19.5. The number of rotatable bonds is 1. The molecule has 1 heterocycles. The quantitative estimate of drug-likeness (QED) is 0.810. The Morgan fingerprint density at radius 2 is 2.35 bits per heavy atom. The predicted molar refractivity (Wildman–Crippen MR) is 62.6 cm³/mol. The molecule has 0 aliphatic carbocycles. The summed E-state index contributed by atoms with van der Waals surface area (Å²) in [5.74, 6) is -0.578. The summed E-state index contributed by atoms with van der Waals surface area (Å²) in [6.07, 6.45) is 0.0621. The van der Waals surface area contributed by atoms with Gasteiger partial charge in [-0.3, -0.25) is 0 Å². The number of nitrogens with zero attached hydrogens (tertiary/aromatic N) is 1. The van der Waals surface area contributed by atoms with Gasteiger partial charge in [-0.05, 0) is 24.6 Å². The van der Waals surface area contributed by atoms with Crippen molar-refractivity contribution in [3.8, 4) is 0 Å². The molecule has 17 heavy (non-hydrogen) atoms. The number of anilines is 1. The van der Waals surface area contributed by atoms with Gasteiger partial charge < -0.3 is 15.3 Å². The van der Waals surface area contributed by atoms with Gasteiger partial charge in [0.1, 0.15) is 5.82 Å². The van der Waals surface area contributed by atoms with E-state index in [4.69, 9.17) is 11.6 Å². The third-order valence-corrected chi connectivity index (χ3v) is 2.86. The molecular weight excluding hydrogens is 247 g/mol. The Bertz CT molecular complexity index is 441. The number of urea groups is 1. The molecule has 0 bridgehead atoms. The zero-order chi connectivity index (χ0) is 12.4. The van der Waals surface area contributed by atoms with Crippen LogP contribution in [0.2, 0.25) is 5.02 Å². The lowest BCUT2D eigenvalue weighted by atomic mass is 10.3. The maximum absolute atomic E-state index is 13.4. The van der Waals surface area contributed by atoms with Crippen molar-refractivity contribution in [2.24, 2.45) is 0 Å². The molecule has 1 aromatic rings. The summed E-state index contributed by atoms with van der Waals surface area (Å²) < 4.78 is 13.4. The molecule has 1 fully saturated rings. The zero-order valence-electron chi connectivity index (χ0n) is 8.99. The Hall–Kier alpha value is -1.33. The SMILES string of the molecule is O=C(Nc1ccc(Cl)cc1F)N1CCC(O)C1. The van der Waals surface area contributed by atoms with Crippen molar-refractivity contribution in [3.63, 3.8) is 0 Å². The number of β-amino-alcohol motifs (C(OH)–C–C–N with tert-alkyl or cyclic N) is 1. The van der Waals surface area contributed by atoms with Crippen molar-refractivity contribution in [2.75, 3.05) is 18.4 Å². The minimum absolute atomic E-state index is 0.0841. The first-order valence-corrected chi connectivity index (χ1v) is 5.63. The second-order valence-electron chi connectivity index (χ2n) is 3.94. The van der Waals surface area contributed by atoms with Crippen LogP contribution in [0.3, 0.4) is 0 Å². The fourth-order valence-corrected chi connectivity index (χ4v) is 1.87. The number of nitrogens with one attached hydrogen (secondary N) is 1. The lowest BCUT2D eigenvalue weighted by molar-refractivity contribution is 0.176. The van der Waals surface area contributed by atoms with E-state index in [1.165, 1.54) is 17.0 Å².